The van der Waals surface area contributed by atoms with E-state index in [9.17, 15) is 9.90 Å². The van der Waals surface area contributed by atoms with E-state index in [2.05, 4.69) is 34.5 Å². The van der Waals surface area contributed by atoms with E-state index < -0.39 is 6.09 Å². The quantitative estimate of drug-likeness (QED) is 0.895. The molecule has 2 aliphatic rings. The topological polar surface area (TPSA) is 55.8 Å². The van der Waals surface area contributed by atoms with Gasteiger partial charge in [0.15, 0.2) is 0 Å². The Morgan fingerprint density at radius 1 is 1.27 bits per heavy atom. The third kappa shape index (κ3) is 3.59. The van der Waals surface area contributed by atoms with Crippen molar-refractivity contribution in [2.45, 2.75) is 25.4 Å². The van der Waals surface area contributed by atoms with Gasteiger partial charge >= 0.3 is 6.09 Å². The molecule has 0 saturated carbocycles. The molecular weight excluding hydrogens is 278 g/mol. The number of piperazine rings is 1. The minimum absolute atomic E-state index is 0.116. The summed E-state index contributed by atoms with van der Waals surface area (Å²) in [5.74, 6) is 0.432. The minimum atomic E-state index is -0.772. The maximum Gasteiger partial charge on any atom is 0.407 e. The number of nitrogens with one attached hydrogen (secondary N) is 1. The van der Waals surface area contributed by atoms with Crippen LogP contribution in [0, 0.1) is 5.92 Å². The molecule has 2 heterocycles. The van der Waals surface area contributed by atoms with E-state index in [0.29, 0.717) is 12.5 Å². The van der Waals surface area contributed by atoms with Gasteiger partial charge in [0, 0.05) is 32.7 Å². The van der Waals surface area contributed by atoms with Crippen molar-refractivity contribution in [3.63, 3.8) is 0 Å². The Morgan fingerprint density at radius 3 is 2.86 bits per heavy atom. The molecule has 1 aromatic carbocycles. The van der Waals surface area contributed by atoms with Crippen molar-refractivity contribution in [2.24, 2.45) is 5.92 Å². The summed E-state index contributed by atoms with van der Waals surface area (Å²) >= 11 is 0. The monoisotopic (exact) mass is 303 g/mol. The van der Waals surface area contributed by atoms with E-state index in [1.54, 1.807) is 4.90 Å². The van der Waals surface area contributed by atoms with Crippen molar-refractivity contribution in [1.82, 2.24) is 15.1 Å². The zero-order chi connectivity index (χ0) is 15.4. The average Bonchev–Trinajstić information content (AvgIpc) is 2.56. The third-order valence-corrected chi connectivity index (χ3v) is 4.86. The summed E-state index contributed by atoms with van der Waals surface area (Å²) in [5.41, 5.74) is 1.33. The third-order valence-electron chi connectivity index (χ3n) is 4.86. The molecular formula is C17H25N3O2. The second-order valence-corrected chi connectivity index (χ2v) is 6.37. The highest BCUT2D eigenvalue weighted by molar-refractivity contribution is 5.65. The number of nitrogens with zero attached hydrogens (tertiary/aromatic N) is 2. The SMILES string of the molecule is O=C(O)N1CCNCC1C1CCCN(Cc2ccccc2)C1. The molecule has 1 amide bonds. The Kier molecular flexibility index (Phi) is 4.95. The molecule has 2 unspecified atom stereocenters. The maximum absolute atomic E-state index is 11.5. The lowest BCUT2D eigenvalue weighted by Gasteiger charge is -2.43. The average molecular weight is 303 g/mol. The van der Waals surface area contributed by atoms with Crippen LogP contribution in [0.3, 0.4) is 0 Å². The Morgan fingerprint density at radius 2 is 2.09 bits per heavy atom. The minimum Gasteiger partial charge on any atom is -0.465 e. The first kappa shape index (κ1) is 15.3. The zero-order valence-corrected chi connectivity index (χ0v) is 12.9. The Bertz CT molecular complexity index is 494. The maximum atomic E-state index is 11.5. The highest BCUT2D eigenvalue weighted by atomic mass is 16.4. The highest BCUT2D eigenvalue weighted by Gasteiger charge is 2.35. The number of amides is 1. The molecule has 0 aromatic heterocycles. The second kappa shape index (κ2) is 7.11. The van der Waals surface area contributed by atoms with Crippen LogP contribution in [-0.4, -0.2) is 59.8 Å². The van der Waals surface area contributed by atoms with Crippen LogP contribution < -0.4 is 5.32 Å². The van der Waals surface area contributed by atoms with E-state index in [4.69, 9.17) is 0 Å². The largest absolute Gasteiger partial charge is 0.465 e. The van der Waals surface area contributed by atoms with E-state index in [1.807, 2.05) is 6.07 Å². The van der Waals surface area contributed by atoms with Crippen molar-refractivity contribution in [2.75, 3.05) is 32.7 Å². The first-order valence-corrected chi connectivity index (χ1v) is 8.20. The lowest BCUT2D eigenvalue weighted by molar-refractivity contribution is 0.0568. The molecule has 2 fully saturated rings. The van der Waals surface area contributed by atoms with E-state index in [1.165, 1.54) is 5.56 Å². The number of benzene rings is 1. The van der Waals surface area contributed by atoms with Gasteiger partial charge in [0.05, 0.1) is 6.04 Å². The lowest BCUT2D eigenvalue weighted by Crippen LogP contribution is -2.58. The Balaban J connectivity index is 1.63. The van der Waals surface area contributed by atoms with E-state index in [0.717, 1.165) is 45.6 Å². The van der Waals surface area contributed by atoms with Gasteiger partial charge in [-0.05, 0) is 30.9 Å². The molecule has 3 rings (SSSR count). The molecule has 0 spiro atoms. The molecule has 2 atom stereocenters. The molecule has 0 aliphatic carbocycles. The van der Waals surface area contributed by atoms with Gasteiger partial charge in [-0.25, -0.2) is 4.79 Å². The van der Waals surface area contributed by atoms with Crippen molar-refractivity contribution in [1.29, 1.82) is 0 Å². The van der Waals surface area contributed by atoms with Crippen LogP contribution in [0.25, 0.3) is 0 Å². The number of likely N-dealkylation sites (tertiary alicyclic amines) is 1. The smallest absolute Gasteiger partial charge is 0.407 e. The van der Waals surface area contributed by atoms with Gasteiger partial charge in [-0.2, -0.15) is 0 Å². The first-order valence-electron chi connectivity index (χ1n) is 8.20. The molecule has 120 valence electrons. The summed E-state index contributed by atoms with van der Waals surface area (Å²) in [4.78, 5) is 15.6. The number of hydrogen-bond acceptors (Lipinski definition) is 3. The molecule has 2 aliphatic heterocycles. The highest BCUT2D eigenvalue weighted by Crippen LogP contribution is 2.25. The van der Waals surface area contributed by atoms with Gasteiger partial charge in [0.25, 0.3) is 0 Å². The zero-order valence-electron chi connectivity index (χ0n) is 12.9. The number of hydrogen-bond donors (Lipinski definition) is 2. The van der Waals surface area contributed by atoms with Crippen molar-refractivity contribution < 1.29 is 9.90 Å². The standard InChI is InChI=1S/C17H25N3O2/c21-17(22)20-10-8-18-11-16(20)15-7-4-9-19(13-15)12-14-5-2-1-3-6-14/h1-3,5-6,15-16,18H,4,7-13H2,(H,21,22). The van der Waals surface area contributed by atoms with Crippen LogP contribution in [0.5, 0.6) is 0 Å². The van der Waals surface area contributed by atoms with Gasteiger partial charge in [-0.15, -0.1) is 0 Å². The van der Waals surface area contributed by atoms with Crippen molar-refractivity contribution in [3.05, 3.63) is 35.9 Å². The molecule has 2 N–H and O–H groups in total. The number of carbonyl (C=O) groups is 1. The molecule has 2 saturated heterocycles. The summed E-state index contributed by atoms with van der Waals surface area (Å²) in [6.07, 6.45) is 1.51. The molecule has 0 radical (unpaired) electrons. The first-order chi connectivity index (χ1) is 10.7. The molecule has 22 heavy (non-hydrogen) atoms. The van der Waals surface area contributed by atoms with Crippen LogP contribution in [0.1, 0.15) is 18.4 Å². The number of piperidine rings is 1. The lowest BCUT2D eigenvalue weighted by atomic mass is 9.88. The van der Waals surface area contributed by atoms with Crippen LogP contribution in [-0.2, 0) is 6.54 Å². The summed E-state index contributed by atoms with van der Waals surface area (Å²) in [6, 6.07) is 10.6. The van der Waals surface area contributed by atoms with Gasteiger partial charge in [0.1, 0.15) is 0 Å². The van der Waals surface area contributed by atoms with Crippen molar-refractivity contribution in [3.8, 4) is 0 Å². The number of rotatable bonds is 3. The predicted octanol–water partition coefficient (Wildman–Crippen LogP) is 1.85. The van der Waals surface area contributed by atoms with Gasteiger partial charge < -0.3 is 15.3 Å². The predicted molar refractivity (Wildman–Crippen MR) is 85.8 cm³/mol. The second-order valence-electron chi connectivity index (χ2n) is 6.37. The fraction of sp³-hybridized carbons (Fsp3) is 0.588. The summed E-state index contributed by atoms with van der Waals surface area (Å²) in [6.45, 7) is 5.22. The van der Waals surface area contributed by atoms with Crippen molar-refractivity contribution >= 4 is 6.09 Å². The number of carboxylic acid groups (broad SMARTS) is 1. The molecule has 0 bridgehead atoms. The van der Waals surface area contributed by atoms with Crippen LogP contribution in [0.15, 0.2) is 30.3 Å². The fourth-order valence-electron chi connectivity index (χ4n) is 3.77. The Labute approximate surface area is 131 Å². The van der Waals surface area contributed by atoms with Gasteiger partial charge in [-0.3, -0.25) is 4.90 Å². The normalized spacial score (nSPS) is 26.8. The molecule has 5 nitrogen and oxygen atoms in total. The molecule has 1 aromatic rings. The van der Waals surface area contributed by atoms with Crippen LogP contribution >= 0.6 is 0 Å². The fourth-order valence-corrected chi connectivity index (χ4v) is 3.77. The van der Waals surface area contributed by atoms with Crippen LogP contribution in [0.2, 0.25) is 0 Å². The van der Waals surface area contributed by atoms with Gasteiger partial charge in [-0.1, -0.05) is 30.3 Å². The Hall–Kier alpha value is -1.59. The summed E-state index contributed by atoms with van der Waals surface area (Å²) in [7, 11) is 0. The van der Waals surface area contributed by atoms with E-state index in [-0.39, 0.29) is 6.04 Å². The summed E-state index contributed by atoms with van der Waals surface area (Å²) < 4.78 is 0. The van der Waals surface area contributed by atoms with Gasteiger partial charge in [0.2, 0.25) is 0 Å². The molecule has 5 heteroatoms. The van der Waals surface area contributed by atoms with Crippen LogP contribution in [0.4, 0.5) is 4.79 Å². The summed E-state index contributed by atoms with van der Waals surface area (Å²) in [5, 5.41) is 12.8. The van der Waals surface area contributed by atoms with E-state index >= 15 is 0 Å².